The molecule has 6 heteroatoms. The number of nitrogens with zero attached hydrogens (tertiary/aromatic N) is 3. The van der Waals surface area contributed by atoms with Crippen LogP contribution in [0.15, 0.2) is 36.7 Å². The Morgan fingerprint density at radius 3 is 2.94 bits per heavy atom. The molecule has 18 heavy (non-hydrogen) atoms. The Morgan fingerprint density at radius 1 is 1.39 bits per heavy atom. The zero-order valence-corrected chi connectivity index (χ0v) is 9.78. The normalized spacial score (nSPS) is 10.2. The van der Waals surface area contributed by atoms with Gasteiger partial charge in [0.25, 0.3) is 0 Å². The fraction of sp³-hybridized carbons (Fsp3) is 0.250. The third-order valence-electron chi connectivity index (χ3n) is 2.51. The number of para-hydroxylation sites is 1. The third kappa shape index (κ3) is 3.31. The van der Waals surface area contributed by atoms with Crippen LogP contribution in [0.4, 0.5) is 0 Å². The molecule has 0 atom stereocenters. The number of rotatable bonds is 5. The maximum Gasteiger partial charge on any atom is 0.222 e. The van der Waals surface area contributed by atoms with Gasteiger partial charge in [0, 0.05) is 24.7 Å². The average molecular weight is 246 g/mol. The van der Waals surface area contributed by atoms with Gasteiger partial charge in [-0.1, -0.05) is 23.4 Å². The zero-order chi connectivity index (χ0) is 12.8. The smallest absolute Gasteiger partial charge is 0.222 e. The van der Waals surface area contributed by atoms with E-state index in [-0.39, 0.29) is 11.7 Å². The molecule has 1 amide bonds. The van der Waals surface area contributed by atoms with E-state index in [2.05, 4.69) is 15.6 Å². The summed E-state index contributed by atoms with van der Waals surface area (Å²) in [6, 6.07) is 6.92. The van der Waals surface area contributed by atoms with Gasteiger partial charge in [-0.15, -0.1) is 5.10 Å². The minimum atomic E-state index is -0.0891. The van der Waals surface area contributed by atoms with Crippen molar-refractivity contribution >= 4 is 5.91 Å². The van der Waals surface area contributed by atoms with Crippen LogP contribution in [-0.2, 0) is 17.9 Å². The van der Waals surface area contributed by atoms with E-state index in [0.29, 0.717) is 25.1 Å². The summed E-state index contributed by atoms with van der Waals surface area (Å²) in [6.45, 7) is 0.815. The van der Waals surface area contributed by atoms with Crippen LogP contribution in [0.25, 0.3) is 0 Å². The van der Waals surface area contributed by atoms with E-state index in [1.54, 1.807) is 35.3 Å². The van der Waals surface area contributed by atoms with Crippen LogP contribution in [0.1, 0.15) is 12.0 Å². The average Bonchev–Trinajstić information content (AvgIpc) is 2.88. The van der Waals surface area contributed by atoms with E-state index in [9.17, 15) is 9.90 Å². The number of aromatic hydroxyl groups is 1. The zero-order valence-electron chi connectivity index (χ0n) is 9.78. The fourth-order valence-corrected chi connectivity index (χ4v) is 1.51. The fourth-order valence-electron chi connectivity index (χ4n) is 1.51. The highest BCUT2D eigenvalue weighted by molar-refractivity contribution is 5.75. The number of aryl methyl sites for hydroxylation is 1. The molecule has 2 aromatic rings. The number of carbonyl (C=O) groups excluding carboxylic acids is 1. The second kappa shape index (κ2) is 5.81. The molecule has 0 bridgehead atoms. The first-order chi connectivity index (χ1) is 8.75. The Hall–Kier alpha value is -2.37. The maximum absolute atomic E-state index is 11.6. The molecule has 94 valence electrons. The molecule has 1 heterocycles. The SMILES string of the molecule is O=C(CCn1ccnn1)NCc1ccccc1O. The van der Waals surface area contributed by atoms with Crippen molar-refractivity contribution in [1.82, 2.24) is 20.3 Å². The van der Waals surface area contributed by atoms with Gasteiger partial charge in [-0.2, -0.15) is 0 Å². The van der Waals surface area contributed by atoms with Crippen LogP contribution in [-0.4, -0.2) is 26.0 Å². The summed E-state index contributed by atoms with van der Waals surface area (Å²) in [4.78, 5) is 11.6. The molecule has 6 nitrogen and oxygen atoms in total. The quantitative estimate of drug-likeness (QED) is 0.813. The Kier molecular flexibility index (Phi) is 3.90. The predicted octanol–water partition coefficient (Wildman–Crippen LogP) is 0.690. The summed E-state index contributed by atoms with van der Waals surface area (Å²) < 4.78 is 1.60. The van der Waals surface area contributed by atoms with Crippen molar-refractivity contribution in [2.24, 2.45) is 0 Å². The first-order valence-corrected chi connectivity index (χ1v) is 5.63. The summed E-state index contributed by atoms with van der Waals surface area (Å²) in [7, 11) is 0. The van der Waals surface area contributed by atoms with Crippen molar-refractivity contribution in [3.63, 3.8) is 0 Å². The van der Waals surface area contributed by atoms with Crippen LogP contribution in [0, 0.1) is 0 Å². The van der Waals surface area contributed by atoms with Crippen molar-refractivity contribution < 1.29 is 9.90 Å². The molecule has 0 aliphatic rings. The third-order valence-corrected chi connectivity index (χ3v) is 2.51. The lowest BCUT2D eigenvalue weighted by atomic mass is 10.2. The minimum Gasteiger partial charge on any atom is -0.508 e. The predicted molar refractivity (Wildman–Crippen MR) is 64.6 cm³/mol. The lowest BCUT2D eigenvalue weighted by molar-refractivity contribution is -0.121. The van der Waals surface area contributed by atoms with Gasteiger partial charge in [0.2, 0.25) is 5.91 Å². The molecule has 2 N–H and O–H groups in total. The number of carbonyl (C=O) groups is 1. The first kappa shape index (κ1) is 12.1. The van der Waals surface area contributed by atoms with Gasteiger partial charge in [0.1, 0.15) is 5.75 Å². The van der Waals surface area contributed by atoms with Gasteiger partial charge < -0.3 is 10.4 Å². The van der Waals surface area contributed by atoms with Crippen LogP contribution in [0.5, 0.6) is 5.75 Å². The monoisotopic (exact) mass is 246 g/mol. The molecule has 1 aromatic heterocycles. The summed E-state index contributed by atoms with van der Waals surface area (Å²) in [5, 5.41) is 19.7. The number of hydrogen-bond acceptors (Lipinski definition) is 4. The van der Waals surface area contributed by atoms with Crippen LogP contribution in [0.3, 0.4) is 0 Å². The van der Waals surface area contributed by atoms with Gasteiger partial charge in [0.15, 0.2) is 0 Å². The van der Waals surface area contributed by atoms with Crippen molar-refractivity contribution in [2.75, 3.05) is 0 Å². The highest BCUT2D eigenvalue weighted by Crippen LogP contribution is 2.14. The van der Waals surface area contributed by atoms with Crippen LogP contribution >= 0.6 is 0 Å². The molecule has 0 radical (unpaired) electrons. The Labute approximate surface area is 104 Å². The van der Waals surface area contributed by atoms with Crippen LogP contribution < -0.4 is 5.32 Å². The number of aromatic nitrogens is 3. The minimum absolute atomic E-state index is 0.0891. The number of phenolic OH excluding ortho intramolecular Hbond substituents is 1. The molecule has 0 fully saturated rings. The van der Waals surface area contributed by atoms with E-state index in [4.69, 9.17) is 0 Å². The largest absolute Gasteiger partial charge is 0.508 e. The molecule has 2 rings (SSSR count). The summed E-state index contributed by atoms with van der Waals surface area (Å²) in [5.41, 5.74) is 0.701. The second-order valence-corrected chi connectivity index (χ2v) is 3.82. The Morgan fingerprint density at radius 2 is 2.22 bits per heavy atom. The van der Waals surface area contributed by atoms with Crippen molar-refractivity contribution in [2.45, 2.75) is 19.5 Å². The van der Waals surface area contributed by atoms with Crippen molar-refractivity contribution in [1.29, 1.82) is 0 Å². The molecule has 1 aromatic carbocycles. The number of nitrogens with one attached hydrogen (secondary N) is 1. The van der Waals surface area contributed by atoms with E-state index in [1.807, 2.05) is 6.07 Å². The highest BCUT2D eigenvalue weighted by atomic mass is 16.3. The number of amides is 1. The molecule has 0 aliphatic carbocycles. The standard InChI is InChI=1S/C12H14N4O2/c17-11-4-2-1-3-10(11)9-13-12(18)5-7-16-8-6-14-15-16/h1-4,6,8,17H,5,7,9H2,(H,13,18). The van der Waals surface area contributed by atoms with E-state index < -0.39 is 0 Å². The lowest BCUT2D eigenvalue weighted by Crippen LogP contribution is -2.24. The maximum atomic E-state index is 11.6. The topological polar surface area (TPSA) is 80.0 Å². The molecule has 0 saturated carbocycles. The van der Waals surface area contributed by atoms with E-state index in [1.165, 1.54) is 0 Å². The van der Waals surface area contributed by atoms with Gasteiger partial charge >= 0.3 is 0 Å². The molecule has 0 spiro atoms. The summed E-state index contributed by atoms with van der Waals surface area (Å²) in [5.74, 6) is 0.0998. The van der Waals surface area contributed by atoms with E-state index in [0.717, 1.165) is 0 Å². The van der Waals surface area contributed by atoms with Gasteiger partial charge in [-0.05, 0) is 6.07 Å². The number of hydrogen-bond donors (Lipinski definition) is 2. The van der Waals surface area contributed by atoms with Gasteiger partial charge in [-0.25, -0.2) is 0 Å². The van der Waals surface area contributed by atoms with E-state index >= 15 is 0 Å². The first-order valence-electron chi connectivity index (χ1n) is 5.63. The second-order valence-electron chi connectivity index (χ2n) is 3.82. The van der Waals surface area contributed by atoms with Crippen molar-refractivity contribution in [3.8, 4) is 5.75 Å². The highest BCUT2D eigenvalue weighted by Gasteiger charge is 2.04. The molecule has 0 aliphatic heterocycles. The van der Waals surface area contributed by atoms with Gasteiger partial charge in [0.05, 0.1) is 12.7 Å². The lowest BCUT2D eigenvalue weighted by Gasteiger charge is -2.06. The Balaban J connectivity index is 1.77. The summed E-state index contributed by atoms with van der Waals surface area (Å²) >= 11 is 0. The number of phenols is 1. The number of benzene rings is 1. The van der Waals surface area contributed by atoms with Gasteiger partial charge in [-0.3, -0.25) is 9.48 Å². The van der Waals surface area contributed by atoms with Crippen molar-refractivity contribution in [3.05, 3.63) is 42.2 Å². The molecule has 0 saturated heterocycles. The molecular formula is C12H14N4O2. The Bertz CT molecular complexity index is 511. The summed E-state index contributed by atoms with van der Waals surface area (Å²) in [6.07, 6.45) is 3.60. The van der Waals surface area contributed by atoms with Crippen LogP contribution in [0.2, 0.25) is 0 Å². The molecule has 0 unspecified atom stereocenters. The molecular weight excluding hydrogens is 232 g/mol.